The highest BCUT2D eigenvalue weighted by atomic mass is 32.2. The number of carbonyl (C=O) groups is 1. The average Bonchev–Trinajstić information content (AvgIpc) is 3.44. The van der Waals surface area contributed by atoms with Crippen LogP contribution in [-0.4, -0.2) is 33.3 Å². The molecule has 0 aliphatic rings. The molecule has 0 aliphatic carbocycles. The third-order valence-electron chi connectivity index (χ3n) is 4.31. The highest BCUT2D eigenvalue weighted by molar-refractivity contribution is 7.99. The standard InChI is InChI=1S/C21H18N4O3S3/c1-3-9-25-19(27)18-15(8-10-29-18)23-21(25)31-12-17(26)24-20-22-16(11-30-20)13-4-6-14(28-2)7-5-13/h3-8,10-11H,1,9,12H2,2H3,(H,22,24,26). The van der Waals surface area contributed by atoms with E-state index in [1.807, 2.05) is 35.0 Å². The summed E-state index contributed by atoms with van der Waals surface area (Å²) < 4.78 is 7.31. The zero-order valence-corrected chi connectivity index (χ0v) is 19.0. The van der Waals surface area contributed by atoms with E-state index in [-0.39, 0.29) is 17.2 Å². The smallest absolute Gasteiger partial charge is 0.272 e. The SMILES string of the molecule is C=CCn1c(SCC(=O)Nc2nc(-c3ccc(OC)cc3)cs2)nc2ccsc2c1=O. The molecule has 1 N–H and O–H groups in total. The van der Waals surface area contributed by atoms with Crippen molar-refractivity contribution in [2.24, 2.45) is 0 Å². The number of aromatic nitrogens is 3. The number of nitrogens with zero attached hydrogens (tertiary/aromatic N) is 3. The molecule has 3 heterocycles. The van der Waals surface area contributed by atoms with Gasteiger partial charge in [-0.25, -0.2) is 9.97 Å². The summed E-state index contributed by atoms with van der Waals surface area (Å²) >= 11 is 3.93. The Bertz CT molecular complexity index is 1290. The Balaban J connectivity index is 1.44. The number of nitrogens with one attached hydrogen (secondary N) is 1. The first kappa shape index (κ1) is 21.3. The van der Waals surface area contributed by atoms with E-state index in [9.17, 15) is 9.59 Å². The van der Waals surface area contributed by atoms with E-state index < -0.39 is 0 Å². The second-order valence-corrected chi connectivity index (χ2v) is 9.05. The van der Waals surface area contributed by atoms with Gasteiger partial charge >= 0.3 is 0 Å². The lowest BCUT2D eigenvalue weighted by molar-refractivity contribution is -0.113. The fraction of sp³-hybridized carbons (Fsp3) is 0.143. The van der Waals surface area contributed by atoms with Gasteiger partial charge in [-0.2, -0.15) is 0 Å². The van der Waals surface area contributed by atoms with E-state index in [0.29, 0.717) is 27.0 Å². The van der Waals surface area contributed by atoms with Gasteiger partial charge in [-0.3, -0.25) is 14.2 Å². The molecule has 0 unspecified atom stereocenters. The molecule has 7 nitrogen and oxygen atoms in total. The van der Waals surface area contributed by atoms with Crippen molar-refractivity contribution in [3.8, 4) is 17.0 Å². The number of fused-ring (bicyclic) bond motifs is 1. The maximum atomic E-state index is 12.7. The molecule has 4 aromatic rings. The number of hydrogen-bond donors (Lipinski definition) is 1. The zero-order chi connectivity index (χ0) is 21.8. The Labute approximate surface area is 190 Å². The Morgan fingerprint density at radius 1 is 1.26 bits per heavy atom. The van der Waals surface area contributed by atoms with E-state index >= 15 is 0 Å². The molecular weight excluding hydrogens is 452 g/mol. The van der Waals surface area contributed by atoms with Gasteiger partial charge in [0.05, 0.1) is 24.1 Å². The van der Waals surface area contributed by atoms with Crippen LogP contribution in [-0.2, 0) is 11.3 Å². The first-order chi connectivity index (χ1) is 15.1. The monoisotopic (exact) mass is 470 g/mol. The fourth-order valence-electron chi connectivity index (χ4n) is 2.83. The molecule has 4 rings (SSSR count). The fourth-order valence-corrected chi connectivity index (χ4v) is 5.16. The second-order valence-electron chi connectivity index (χ2n) is 6.34. The van der Waals surface area contributed by atoms with E-state index in [4.69, 9.17) is 4.74 Å². The van der Waals surface area contributed by atoms with Crippen LogP contribution in [0.1, 0.15) is 0 Å². The van der Waals surface area contributed by atoms with Crippen molar-refractivity contribution in [1.29, 1.82) is 0 Å². The average molecular weight is 471 g/mol. The molecule has 0 atom stereocenters. The van der Waals surface area contributed by atoms with Gasteiger partial charge in [0.1, 0.15) is 10.4 Å². The van der Waals surface area contributed by atoms with Gasteiger partial charge in [0.25, 0.3) is 5.56 Å². The number of amides is 1. The minimum Gasteiger partial charge on any atom is -0.497 e. The molecule has 0 fully saturated rings. The van der Waals surface area contributed by atoms with Crippen LogP contribution >= 0.6 is 34.4 Å². The van der Waals surface area contributed by atoms with Gasteiger partial charge in [0.15, 0.2) is 10.3 Å². The van der Waals surface area contributed by atoms with Crippen LogP contribution in [0.25, 0.3) is 21.5 Å². The largest absolute Gasteiger partial charge is 0.497 e. The lowest BCUT2D eigenvalue weighted by Crippen LogP contribution is -2.23. The number of rotatable bonds is 8. The van der Waals surface area contributed by atoms with Crippen LogP contribution in [0.15, 0.2) is 63.7 Å². The highest BCUT2D eigenvalue weighted by Crippen LogP contribution is 2.27. The van der Waals surface area contributed by atoms with E-state index in [0.717, 1.165) is 17.0 Å². The highest BCUT2D eigenvalue weighted by Gasteiger charge is 2.14. The van der Waals surface area contributed by atoms with Gasteiger partial charge in [-0.05, 0) is 35.7 Å². The molecule has 31 heavy (non-hydrogen) atoms. The molecule has 1 aromatic carbocycles. The summed E-state index contributed by atoms with van der Waals surface area (Å²) in [5.41, 5.74) is 2.24. The quantitative estimate of drug-likeness (QED) is 0.232. The number of anilines is 1. The van der Waals surface area contributed by atoms with Crippen molar-refractivity contribution in [1.82, 2.24) is 14.5 Å². The number of thioether (sulfide) groups is 1. The van der Waals surface area contributed by atoms with Gasteiger partial charge in [0, 0.05) is 17.5 Å². The Kier molecular flexibility index (Phi) is 6.50. The minimum absolute atomic E-state index is 0.108. The van der Waals surface area contributed by atoms with E-state index in [1.165, 1.54) is 39.0 Å². The molecule has 1 amide bonds. The van der Waals surface area contributed by atoms with Crippen molar-refractivity contribution in [2.75, 3.05) is 18.2 Å². The minimum atomic E-state index is -0.217. The molecule has 0 radical (unpaired) electrons. The number of allylic oxidation sites excluding steroid dienone is 1. The first-order valence-corrected chi connectivity index (χ1v) is 11.9. The maximum absolute atomic E-state index is 12.7. The number of hydrogen-bond acceptors (Lipinski definition) is 8. The maximum Gasteiger partial charge on any atom is 0.272 e. The Morgan fingerprint density at radius 3 is 2.81 bits per heavy atom. The molecule has 0 spiro atoms. The van der Waals surface area contributed by atoms with Gasteiger partial charge in [-0.1, -0.05) is 17.8 Å². The predicted octanol–water partition coefficient (Wildman–Crippen LogP) is 4.51. The van der Waals surface area contributed by atoms with Crippen LogP contribution in [0, 0.1) is 0 Å². The van der Waals surface area contributed by atoms with Crippen molar-refractivity contribution >= 4 is 55.7 Å². The van der Waals surface area contributed by atoms with Crippen LogP contribution in [0.5, 0.6) is 5.75 Å². The summed E-state index contributed by atoms with van der Waals surface area (Å²) in [4.78, 5) is 34.2. The summed E-state index contributed by atoms with van der Waals surface area (Å²) in [6.07, 6.45) is 1.64. The number of ether oxygens (including phenoxy) is 1. The third-order valence-corrected chi connectivity index (χ3v) is 6.94. The van der Waals surface area contributed by atoms with E-state index in [2.05, 4.69) is 21.9 Å². The molecule has 0 bridgehead atoms. The van der Waals surface area contributed by atoms with Crippen LogP contribution in [0.3, 0.4) is 0 Å². The lowest BCUT2D eigenvalue weighted by Gasteiger charge is -2.09. The first-order valence-electron chi connectivity index (χ1n) is 9.20. The summed E-state index contributed by atoms with van der Waals surface area (Å²) in [5, 5.41) is 7.54. The van der Waals surface area contributed by atoms with E-state index in [1.54, 1.807) is 19.3 Å². The zero-order valence-electron chi connectivity index (χ0n) is 16.5. The van der Waals surface area contributed by atoms with Crippen LogP contribution < -0.4 is 15.6 Å². The summed E-state index contributed by atoms with van der Waals surface area (Å²) in [6.45, 7) is 4.04. The predicted molar refractivity (Wildman–Crippen MR) is 128 cm³/mol. The van der Waals surface area contributed by atoms with Gasteiger partial charge in [0.2, 0.25) is 5.91 Å². The van der Waals surface area contributed by atoms with Gasteiger partial charge < -0.3 is 10.1 Å². The normalized spacial score (nSPS) is 10.9. The molecule has 0 saturated heterocycles. The number of benzene rings is 1. The second kappa shape index (κ2) is 9.46. The summed E-state index contributed by atoms with van der Waals surface area (Å²) in [5.74, 6) is 0.663. The topological polar surface area (TPSA) is 86.1 Å². The molecular formula is C21H18N4O3S3. The number of carbonyl (C=O) groups excluding carboxylic acids is 1. The molecule has 10 heteroatoms. The molecule has 3 aromatic heterocycles. The van der Waals surface area contributed by atoms with Crippen molar-refractivity contribution in [2.45, 2.75) is 11.7 Å². The third kappa shape index (κ3) is 4.71. The van der Waals surface area contributed by atoms with Crippen molar-refractivity contribution in [3.63, 3.8) is 0 Å². The van der Waals surface area contributed by atoms with Crippen molar-refractivity contribution < 1.29 is 9.53 Å². The molecule has 158 valence electrons. The van der Waals surface area contributed by atoms with Crippen LogP contribution in [0.2, 0.25) is 0 Å². The summed E-state index contributed by atoms with van der Waals surface area (Å²) in [6, 6.07) is 9.37. The lowest BCUT2D eigenvalue weighted by atomic mass is 10.2. The number of thiophene rings is 1. The van der Waals surface area contributed by atoms with Crippen molar-refractivity contribution in [3.05, 3.63) is 64.1 Å². The molecule has 0 aliphatic heterocycles. The Hall–Kier alpha value is -2.95. The summed E-state index contributed by atoms with van der Waals surface area (Å²) in [7, 11) is 1.62. The van der Waals surface area contributed by atoms with Crippen LogP contribution in [0.4, 0.5) is 5.13 Å². The number of methoxy groups -OCH3 is 1. The molecule has 0 saturated carbocycles. The Morgan fingerprint density at radius 2 is 2.06 bits per heavy atom. The number of thiazole rings is 1. The van der Waals surface area contributed by atoms with Gasteiger partial charge in [-0.15, -0.1) is 29.3 Å².